The second-order valence-electron chi connectivity index (χ2n) is 7.17. The molecular weight excluding hydrogens is 427 g/mol. The van der Waals surface area contributed by atoms with Gasteiger partial charge in [0.15, 0.2) is 0 Å². The van der Waals surface area contributed by atoms with Crippen LogP contribution in [0.2, 0.25) is 0 Å². The van der Waals surface area contributed by atoms with Gasteiger partial charge in [0.25, 0.3) is 5.70 Å². The van der Waals surface area contributed by atoms with Gasteiger partial charge in [0.1, 0.15) is 5.92 Å². The molecule has 0 radical (unpaired) electrons. The van der Waals surface area contributed by atoms with Crippen LogP contribution in [-0.2, 0) is 22.1 Å². The predicted molar refractivity (Wildman–Crippen MR) is 109 cm³/mol. The Labute approximate surface area is 181 Å². The largest absolute Gasteiger partial charge is 0.462 e. The van der Waals surface area contributed by atoms with Gasteiger partial charge in [-0.1, -0.05) is 30.3 Å². The number of carbonyl (C=O) groups is 1. The fraction of sp³-hybridized carbons (Fsp3) is 0.273. The first-order valence-corrected chi connectivity index (χ1v) is 9.67. The maximum atomic E-state index is 13.7. The fourth-order valence-corrected chi connectivity index (χ4v) is 3.63. The lowest BCUT2D eigenvalue weighted by atomic mass is 9.85. The summed E-state index contributed by atoms with van der Waals surface area (Å²) in [6, 6.07) is 11.0. The number of alkyl halides is 3. The lowest BCUT2D eigenvalue weighted by molar-refractivity contribution is -0.431. The number of aromatic nitrogens is 1. The van der Waals surface area contributed by atoms with E-state index in [1.165, 1.54) is 13.8 Å². The molecule has 1 aromatic carbocycles. The maximum absolute atomic E-state index is 13.7. The Morgan fingerprint density at radius 2 is 1.84 bits per heavy atom. The van der Waals surface area contributed by atoms with E-state index in [1.54, 1.807) is 0 Å². The van der Waals surface area contributed by atoms with Crippen LogP contribution in [0.15, 0.2) is 71.3 Å². The van der Waals surface area contributed by atoms with E-state index in [9.17, 15) is 28.1 Å². The van der Waals surface area contributed by atoms with Crippen molar-refractivity contribution in [3.63, 3.8) is 0 Å². The van der Waals surface area contributed by atoms with Crippen LogP contribution in [-0.4, -0.2) is 22.5 Å². The molecule has 7 nitrogen and oxygen atoms in total. The summed E-state index contributed by atoms with van der Waals surface area (Å²) in [6.45, 7) is 2.77. The number of nitro groups is 1. The zero-order valence-electron chi connectivity index (χ0n) is 17.3. The number of rotatable bonds is 6. The number of halogens is 3. The molecule has 0 fully saturated rings. The summed E-state index contributed by atoms with van der Waals surface area (Å²) in [5.41, 5.74) is -1.55. The smallest absolute Gasteiger partial charge is 0.418 e. The molecule has 1 N–H and O–H groups in total. The van der Waals surface area contributed by atoms with Gasteiger partial charge in [0.05, 0.1) is 34.1 Å². The summed E-state index contributed by atoms with van der Waals surface area (Å²) in [7, 11) is 0. The molecular formula is C22H20F3N3O4. The average Bonchev–Trinajstić information content (AvgIpc) is 2.73. The Kier molecular flexibility index (Phi) is 6.61. The van der Waals surface area contributed by atoms with E-state index in [0.29, 0.717) is 6.42 Å². The zero-order valence-corrected chi connectivity index (χ0v) is 17.3. The first-order chi connectivity index (χ1) is 15.1. The molecule has 0 amide bonds. The molecule has 168 valence electrons. The molecule has 3 rings (SSSR count). The summed E-state index contributed by atoms with van der Waals surface area (Å²) in [5, 5.41) is 14.5. The molecule has 10 heteroatoms. The number of nitrogens with one attached hydrogen (secondary N) is 1. The highest BCUT2D eigenvalue weighted by Gasteiger charge is 2.46. The van der Waals surface area contributed by atoms with E-state index in [2.05, 4.69) is 10.3 Å². The Balaban J connectivity index is 2.01. The minimum absolute atomic E-state index is 0.0251. The molecule has 1 atom stereocenters. The third-order valence-electron chi connectivity index (χ3n) is 5.03. The molecule has 0 spiro atoms. The topological polar surface area (TPSA) is 94.4 Å². The standard InChI is InChI=1S/C22H20F3N3O4/c1-13-17(21(29)32-12-10-15-7-4-3-5-8-15)18(20(28(30)31)14(2)27-13)19-16(22(23,24)25)9-6-11-26-19/h3-9,11,18,27H,10,12H2,1-2H3. The van der Waals surface area contributed by atoms with Crippen LogP contribution in [0.5, 0.6) is 0 Å². The van der Waals surface area contributed by atoms with Crippen molar-refractivity contribution >= 4 is 5.97 Å². The number of benzene rings is 1. The average molecular weight is 447 g/mol. The molecule has 0 saturated carbocycles. The molecule has 2 aromatic rings. The van der Waals surface area contributed by atoms with Crippen LogP contribution in [0, 0.1) is 10.1 Å². The third-order valence-corrected chi connectivity index (χ3v) is 5.03. The summed E-state index contributed by atoms with van der Waals surface area (Å²) < 4.78 is 46.3. The third kappa shape index (κ3) is 4.79. The first-order valence-electron chi connectivity index (χ1n) is 9.67. The molecule has 1 aliphatic heterocycles. The Hall–Kier alpha value is -3.69. The molecule has 0 bridgehead atoms. The van der Waals surface area contributed by atoms with Crippen LogP contribution in [0.1, 0.15) is 36.6 Å². The highest BCUT2D eigenvalue weighted by molar-refractivity contribution is 5.92. The summed E-state index contributed by atoms with van der Waals surface area (Å²) in [5.74, 6) is -2.59. The predicted octanol–water partition coefficient (Wildman–Crippen LogP) is 4.36. The number of hydrogen-bond donors (Lipinski definition) is 1. The zero-order chi connectivity index (χ0) is 23.5. The van der Waals surface area contributed by atoms with Crippen LogP contribution in [0.4, 0.5) is 13.2 Å². The number of carbonyl (C=O) groups excluding carboxylic acids is 1. The summed E-state index contributed by atoms with van der Waals surface area (Å²) >= 11 is 0. The number of ether oxygens (including phenoxy) is 1. The van der Waals surface area contributed by atoms with Gasteiger partial charge < -0.3 is 10.1 Å². The number of dihydropyridines is 1. The van der Waals surface area contributed by atoms with Crippen LogP contribution in [0.25, 0.3) is 0 Å². The monoisotopic (exact) mass is 447 g/mol. The molecule has 1 aromatic heterocycles. The van der Waals surface area contributed by atoms with Gasteiger partial charge in [0.2, 0.25) is 0 Å². The van der Waals surface area contributed by atoms with E-state index >= 15 is 0 Å². The molecule has 0 aliphatic carbocycles. The van der Waals surface area contributed by atoms with E-state index in [0.717, 1.165) is 23.9 Å². The number of allylic oxidation sites excluding steroid dienone is 3. The quantitative estimate of drug-likeness (QED) is 0.402. The minimum atomic E-state index is -4.82. The van der Waals surface area contributed by atoms with Crippen LogP contribution < -0.4 is 5.32 Å². The van der Waals surface area contributed by atoms with Crippen LogP contribution in [0.3, 0.4) is 0 Å². The number of nitrogens with zero attached hydrogens (tertiary/aromatic N) is 2. The number of pyridine rings is 1. The van der Waals surface area contributed by atoms with Crippen molar-refractivity contribution in [3.05, 3.63) is 98.3 Å². The normalized spacial score (nSPS) is 16.6. The van der Waals surface area contributed by atoms with E-state index in [1.807, 2.05) is 30.3 Å². The lowest BCUT2D eigenvalue weighted by Gasteiger charge is -2.27. The van der Waals surface area contributed by atoms with Gasteiger partial charge in [0, 0.05) is 18.3 Å². The second-order valence-corrected chi connectivity index (χ2v) is 7.17. The highest BCUT2D eigenvalue weighted by Crippen LogP contribution is 2.43. The van der Waals surface area contributed by atoms with Gasteiger partial charge in [-0.3, -0.25) is 15.1 Å². The fourth-order valence-electron chi connectivity index (χ4n) is 3.63. The molecule has 2 heterocycles. The summed E-state index contributed by atoms with van der Waals surface area (Å²) in [6.07, 6.45) is -3.33. The van der Waals surface area contributed by atoms with Crippen molar-refractivity contribution < 1.29 is 27.6 Å². The highest BCUT2D eigenvalue weighted by atomic mass is 19.4. The van der Waals surface area contributed by atoms with Gasteiger partial charge in [-0.25, -0.2) is 4.79 Å². The van der Waals surface area contributed by atoms with E-state index in [4.69, 9.17) is 4.74 Å². The van der Waals surface area contributed by atoms with Crippen molar-refractivity contribution in [2.45, 2.75) is 32.4 Å². The van der Waals surface area contributed by atoms with Gasteiger partial charge in [-0.2, -0.15) is 13.2 Å². The molecule has 0 saturated heterocycles. The maximum Gasteiger partial charge on any atom is 0.418 e. The van der Waals surface area contributed by atoms with Crippen molar-refractivity contribution in [3.8, 4) is 0 Å². The van der Waals surface area contributed by atoms with Gasteiger partial charge in [-0.15, -0.1) is 0 Å². The number of hydrogen-bond acceptors (Lipinski definition) is 6. The first kappa shape index (κ1) is 23.0. The Morgan fingerprint density at radius 3 is 2.47 bits per heavy atom. The molecule has 1 unspecified atom stereocenters. The SMILES string of the molecule is CC1=C(C(=O)OCCc2ccccc2)C(c2ncccc2C(F)(F)F)C([N+](=O)[O-])=C(C)N1. The second kappa shape index (κ2) is 9.21. The van der Waals surface area contributed by atoms with E-state index in [-0.39, 0.29) is 23.6 Å². The van der Waals surface area contributed by atoms with Crippen molar-refractivity contribution in [2.24, 2.45) is 0 Å². The molecule has 1 aliphatic rings. The lowest BCUT2D eigenvalue weighted by Crippen LogP contribution is -2.33. The van der Waals surface area contributed by atoms with Crippen molar-refractivity contribution in [1.82, 2.24) is 10.3 Å². The van der Waals surface area contributed by atoms with Crippen molar-refractivity contribution in [1.29, 1.82) is 0 Å². The van der Waals surface area contributed by atoms with E-state index < -0.39 is 39.9 Å². The Morgan fingerprint density at radius 1 is 1.16 bits per heavy atom. The van der Waals surface area contributed by atoms with Crippen LogP contribution >= 0.6 is 0 Å². The number of esters is 1. The van der Waals surface area contributed by atoms with Gasteiger partial charge >= 0.3 is 12.1 Å². The molecule has 32 heavy (non-hydrogen) atoms. The van der Waals surface area contributed by atoms with Gasteiger partial charge in [-0.05, 0) is 31.5 Å². The summed E-state index contributed by atoms with van der Waals surface area (Å²) in [4.78, 5) is 27.8. The Bertz CT molecular complexity index is 1100. The minimum Gasteiger partial charge on any atom is -0.462 e. The van der Waals surface area contributed by atoms with Crippen molar-refractivity contribution in [2.75, 3.05) is 6.61 Å².